The number of benzene rings is 3. The fourth-order valence-electron chi connectivity index (χ4n) is 3.79. The third-order valence-corrected chi connectivity index (χ3v) is 6.60. The summed E-state index contributed by atoms with van der Waals surface area (Å²) in [4.78, 5) is 34.9. The second-order valence-electron chi connectivity index (χ2n) is 7.71. The van der Waals surface area contributed by atoms with Gasteiger partial charge in [0.2, 0.25) is 0 Å². The molecule has 1 amide bonds. The number of hydrogen-bond acceptors (Lipinski definition) is 5. The third-order valence-electron chi connectivity index (χ3n) is 5.49. The van der Waals surface area contributed by atoms with Crippen LogP contribution in [-0.4, -0.2) is 20.4 Å². The van der Waals surface area contributed by atoms with E-state index < -0.39 is 0 Å². The molecule has 6 nitrogen and oxygen atoms in total. The van der Waals surface area contributed by atoms with Crippen LogP contribution >= 0.6 is 11.3 Å². The van der Waals surface area contributed by atoms with Crippen LogP contribution in [0.1, 0.15) is 27.3 Å². The van der Waals surface area contributed by atoms with Crippen molar-refractivity contribution in [2.24, 2.45) is 0 Å². The Labute approximate surface area is 188 Å². The van der Waals surface area contributed by atoms with E-state index >= 15 is 0 Å². The number of amides is 1. The van der Waals surface area contributed by atoms with Crippen molar-refractivity contribution in [1.82, 2.24) is 14.5 Å². The molecule has 0 radical (unpaired) electrons. The minimum atomic E-state index is -0.244. The Bertz CT molecular complexity index is 1530. The van der Waals surface area contributed by atoms with Crippen molar-refractivity contribution in [3.05, 3.63) is 93.5 Å². The Morgan fingerprint density at radius 3 is 2.38 bits per heavy atom. The van der Waals surface area contributed by atoms with Gasteiger partial charge < -0.3 is 0 Å². The molecule has 3 aromatic carbocycles. The van der Waals surface area contributed by atoms with Gasteiger partial charge in [0.15, 0.2) is 5.13 Å². The van der Waals surface area contributed by atoms with Gasteiger partial charge in [-0.2, -0.15) is 0 Å². The van der Waals surface area contributed by atoms with E-state index in [-0.39, 0.29) is 11.5 Å². The lowest BCUT2D eigenvalue weighted by Crippen LogP contribution is -2.22. The second-order valence-corrected chi connectivity index (χ2v) is 8.71. The number of nitrogens with zero attached hydrogens (tertiary/aromatic N) is 3. The molecule has 1 N–H and O–H groups in total. The summed E-state index contributed by atoms with van der Waals surface area (Å²) in [5.41, 5.74) is 4.82. The van der Waals surface area contributed by atoms with Crippen molar-refractivity contribution in [3.8, 4) is 5.69 Å². The first-order valence-electron chi connectivity index (χ1n) is 10.2. The number of anilines is 1. The van der Waals surface area contributed by atoms with Gasteiger partial charge in [-0.1, -0.05) is 35.6 Å². The molecule has 0 bridgehead atoms. The highest BCUT2D eigenvalue weighted by atomic mass is 32.1. The number of para-hydroxylation sites is 1. The second kappa shape index (κ2) is 7.69. The zero-order valence-corrected chi connectivity index (χ0v) is 18.7. The highest BCUT2D eigenvalue weighted by Crippen LogP contribution is 2.31. The highest BCUT2D eigenvalue weighted by Gasteiger charge is 2.14. The molecule has 0 atom stereocenters. The fraction of sp³-hybridized carbons (Fsp3) is 0.120. The first-order chi connectivity index (χ1) is 15.4. The van der Waals surface area contributed by atoms with E-state index in [1.54, 1.807) is 41.8 Å². The Morgan fingerprint density at radius 1 is 0.906 bits per heavy atom. The van der Waals surface area contributed by atoms with E-state index in [2.05, 4.69) is 21.4 Å². The van der Waals surface area contributed by atoms with Gasteiger partial charge >= 0.3 is 0 Å². The van der Waals surface area contributed by atoms with E-state index in [0.29, 0.717) is 33.1 Å². The Morgan fingerprint density at radius 2 is 1.62 bits per heavy atom. The number of aromatic nitrogens is 3. The molecule has 0 aliphatic rings. The number of aryl methyl sites for hydroxylation is 3. The maximum Gasteiger partial charge on any atom is 0.265 e. The van der Waals surface area contributed by atoms with Gasteiger partial charge in [-0.25, -0.2) is 9.97 Å². The van der Waals surface area contributed by atoms with Crippen molar-refractivity contribution >= 4 is 43.5 Å². The van der Waals surface area contributed by atoms with Crippen molar-refractivity contribution < 1.29 is 4.79 Å². The van der Waals surface area contributed by atoms with Gasteiger partial charge in [0, 0.05) is 5.56 Å². The van der Waals surface area contributed by atoms with E-state index in [1.165, 1.54) is 11.3 Å². The van der Waals surface area contributed by atoms with Gasteiger partial charge in [0.25, 0.3) is 11.5 Å². The Balaban J connectivity index is 1.45. The first-order valence-corrected chi connectivity index (χ1v) is 11.0. The van der Waals surface area contributed by atoms with Crippen LogP contribution in [0, 0.1) is 20.8 Å². The molecule has 0 aliphatic heterocycles. The number of nitrogens with one attached hydrogen (secondary N) is 1. The molecular formula is C25H20N4O2S. The molecule has 0 aliphatic carbocycles. The average Bonchev–Trinajstić information content (AvgIpc) is 3.22. The summed E-state index contributed by atoms with van der Waals surface area (Å²) >= 11 is 1.47. The summed E-state index contributed by atoms with van der Waals surface area (Å²) in [6, 6.07) is 18.3. The summed E-state index contributed by atoms with van der Waals surface area (Å²) in [6.07, 6.45) is 0. The van der Waals surface area contributed by atoms with Crippen LogP contribution in [0.25, 0.3) is 26.8 Å². The topological polar surface area (TPSA) is 76.9 Å². The Hall–Kier alpha value is -3.84. The molecule has 32 heavy (non-hydrogen) atoms. The summed E-state index contributed by atoms with van der Waals surface area (Å²) in [7, 11) is 0. The fourth-order valence-corrected chi connectivity index (χ4v) is 4.80. The number of rotatable bonds is 3. The Kier molecular flexibility index (Phi) is 4.83. The smallest absolute Gasteiger partial charge is 0.265 e. The highest BCUT2D eigenvalue weighted by molar-refractivity contribution is 7.22. The molecule has 158 valence electrons. The van der Waals surface area contributed by atoms with Crippen molar-refractivity contribution in [1.29, 1.82) is 0 Å². The minimum Gasteiger partial charge on any atom is -0.298 e. The molecule has 0 fully saturated rings. The van der Waals surface area contributed by atoms with Crippen LogP contribution < -0.4 is 10.9 Å². The van der Waals surface area contributed by atoms with Crippen LogP contribution in [0.4, 0.5) is 5.13 Å². The standard InChI is InChI=1S/C25H20N4O2S/c1-14-8-9-15(2)22-21(14)27-25(32-22)28-23(30)17-10-12-18(13-11-17)29-16(3)26-20-7-5-4-6-19(20)24(29)31/h4-13H,1-3H3,(H,27,28,30). The molecular weight excluding hydrogens is 420 g/mol. The summed E-state index contributed by atoms with van der Waals surface area (Å²) in [5, 5.41) is 4.02. The van der Waals surface area contributed by atoms with E-state index in [1.807, 2.05) is 38.1 Å². The molecule has 7 heteroatoms. The SMILES string of the molecule is Cc1ccc(C)c2sc(NC(=O)c3ccc(-n4c(C)nc5ccccc5c4=O)cc3)nc12. The molecule has 0 saturated heterocycles. The van der Waals surface area contributed by atoms with Gasteiger partial charge in [0.1, 0.15) is 5.82 Å². The monoisotopic (exact) mass is 440 g/mol. The lowest BCUT2D eigenvalue weighted by molar-refractivity contribution is 0.102. The number of thiazole rings is 1. The van der Waals surface area contributed by atoms with E-state index in [4.69, 9.17) is 0 Å². The zero-order chi connectivity index (χ0) is 22.4. The van der Waals surface area contributed by atoms with Gasteiger partial charge in [0.05, 0.1) is 26.8 Å². The van der Waals surface area contributed by atoms with Crippen LogP contribution in [0.3, 0.4) is 0 Å². The quantitative estimate of drug-likeness (QED) is 0.420. The van der Waals surface area contributed by atoms with E-state index in [0.717, 1.165) is 21.3 Å². The molecule has 5 rings (SSSR count). The largest absolute Gasteiger partial charge is 0.298 e. The van der Waals surface area contributed by atoms with Crippen molar-refractivity contribution in [2.45, 2.75) is 20.8 Å². The van der Waals surface area contributed by atoms with Crippen LogP contribution in [0.5, 0.6) is 0 Å². The van der Waals surface area contributed by atoms with Crippen molar-refractivity contribution in [3.63, 3.8) is 0 Å². The molecule has 2 heterocycles. The summed E-state index contributed by atoms with van der Waals surface area (Å²) < 4.78 is 2.64. The average molecular weight is 441 g/mol. The lowest BCUT2D eigenvalue weighted by Gasteiger charge is -2.11. The zero-order valence-electron chi connectivity index (χ0n) is 17.8. The normalized spacial score (nSPS) is 11.2. The number of fused-ring (bicyclic) bond motifs is 2. The third kappa shape index (κ3) is 3.36. The molecule has 5 aromatic rings. The molecule has 0 spiro atoms. The first kappa shape index (κ1) is 20.1. The van der Waals surface area contributed by atoms with Crippen molar-refractivity contribution in [2.75, 3.05) is 5.32 Å². The predicted molar refractivity (Wildman–Crippen MR) is 129 cm³/mol. The van der Waals surface area contributed by atoms with Crippen LogP contribution in [0.2, 0.25) is 0 Å². The maximum absolute atomic E-state index is 13.0. The maximum atomic E-state index is 13.0. The molecule has 2 aromatic heterocycles. The molecule has 0 saturated carbocycles. The van der Waals surface area contributed by atoms with Crippen LogP contribution in [0.15, 0.2) is 65.5 Å². The molecule has 0 unspecified atom stereocenters. The lowest BCUT2D eigenvalue weighted by atomic mass is 10.1. The van der Waals surface area contributed by atoms with Gasteiger partial charge in [-0.05, 0) is 68.3 Å². The number of carbonyl (C=O) groups is 1. The minimum absolute atomic E-state index is 0.134. The van der Waals surface area contributed by atoms with Gasteiger partial charge in [-0.15, -0.1) is 0 Å². The number of carbonyl (C=O) groups excluding carboxylic acids is 1. The van der Waals surface area contributed by atoms with Crippen LogP contribution in [-0.2, 0) is 0 Å². The predicted octanol–water partition coefficient (Wildman–Crippen LogP) is 5.17. The van der Waals surface area contributed by atoms with E-state index in [9.17, 15) is 9.59 Å². The summed E-state index contributed by atoms with van der Waals surface area (Å²) in [5.74, 6) is 0.345. The number of hydrogen-bond donors (Lipinski definition) is 1. The summed E-state index contributed by atoms with van der Waals surface area (Å²) in [6.45, 7) is 5.85. The van der Waals surface area contributed by atoms with Gasteiger partial charge in [-0.3, -0.25) is 19.5 Å².